The number of amides is 3. The van der Waals surface area contributed by atoms with E-state index in [1.807, 2.05) is 74.5 Å². The van der Waals surface area contributed by atoms with Crippen molar-refractivity contribution in [1.82, 2.24) is 20.4 Å². The van der Waals surface area contributed by atoms with Crippen LogP contribution in [0.25, 0.3) is 0 Å². The van der Waals surface area contributed by atoms with Crippen molar-refractivity contribution in [3.63, 3.8) is 0 Å². The van der Waals surface area contributed by atoms with E-state index in [1.54, 1.807) is 4.90 Å². The van der Waals surface area contributed by atoms with Crippen LogP contribution >= 0.6 is 0 Å². The van der Waals surface area contributed by atoms with Gasteiger partial charge in [0.05, 0.1) is 6.54 Å². The first-order valence-corrected chi connectivity index (χ1v) is 11.6. The van der Waals surface area contributed by atoms with Crippen LogP contribution in [0.2, 0.25) is 0 Å². The Balaban J connectivity index is 1.52. The normalized spacial score (nSPS) is 15.2. The Hall–Kier alpha value is -3.19. The van der Waals surface area contributed by atoms with Crippen molar-refractivity contribution in [1.29, 1.82) is 0 Å². The number of hydrogen-bond acceptors (Lipinski definition) is 4. The van der Waals surface area contributed by atoms with Gasteiger partial charge in [-0.15, -0.1) is 0 Å². The number of carbonyl (C=O) groups excluding carboxylic acids is 3. The summed E-state index contributed by atoms with van der Waals surface area (Å²) in [6, 6.07) is 18.5. The number of carbonyl (C=O) groups is 3. The van der Waals surface area contributed by atoms with Gasteiger partial charge < -0.3 is 15.5 Å². The highest BCUT2D eigenvalue weighted by Crippen LogP contribution is 2.18. The Labute approximate surface area is 196 Å². The van der Waals surface area contributed by atoms with Gasteiger partial charge in [0.2, 0.25) is 17.7 Å². The molecular formula is C26H34N4O3. The molecule has 0 bridgehead atoms. The molecule has 3 amide bonds. The number of nitrogens with zero attached hydrogens (tertiary/aromatic N) is 2. The van der Waals surface area contributed by atoms with E-state index < -0.39 is 6.04 Å². The van der Waals surface area contributed by atoms with Crippen molar-refractivity contribution >= 4 is 17.7 Å². The maximum Gasteiger partial charge on any atom is 0.249 e. The Morgan fingerprint density at radius 1 is 0.848 bits per heavy atom. The monoisotopic (exact) mass is 450 g/mol. The first-order valence-electron chi connectivity index (χ1n) is 11.6. The molecule has 0 aromatic heterocycles. The Kier molecular flexibility index (Phi) is 9.01. The van der Waals surface area contributed by atoms with E-state index in [9.17, 15) is 14.4 Å². The van der Waals surface area contributed by atoms with Crippen LogP contribution in [0.15, 0.2) is 60.7 Å². The zero-order valence-corrected chi connectivity index (χ0v) is 19.5. The van der Waals surface area contributed by atoms with Gasteiger partial charge in [-0.05, 0) is 17.0 Å². The van der Waals surface area contributed by atoms with Gasteiger partial charge >= 0.3 is 0 Å². The van der Waals surface area contributed by atoms with Crippen LogP contribution in [0.3, 0.4) is 0 Å². The summed E-state index contributed by atoms with van der Waals surface area (Å²) in [7, 11) is 0. The van der Waals surface area contributed by atoms with Crippen LogP contribution in [-0.4, -0.2) is 60.2 Å². The number of hydrogen-bond donors (Lipinski definition) is 2. The van der Waals surface area contributed by atoms with Crippen LogP contribution in [-0.2, 0) is 20.9 Å². The zero-order chi connectivity index (χ0) is 23.6. The van der Waals surface area contributed by atoms with Gasteiger partial charge in [0.25, 0.3) is 0 Å². The molecule has 2 aromatic rings. The first-order chi connectivity index (χ1) is 15.9. The van der Waals surface area contributed by atoms with Crippen molar-refractivity contribution in [2.75, 3.05) is 32.7 Å². The molecule has 0 radical (unpaired) electrons. The second-order valence-electron chi connectivity index (χ2n) is 8.87. The topological polar surface area (TPSA) is 81.8 Å². The molecule has 0 saturated carbocycles. The SMILES string of the molecule is CC(C)CC(=O)NC(C(=O)N1CCN(CC(=O)NCc2ccccc2)CC1)c1ccccc1. The van der Waals surface area contributed by atoms with Crippen molar-refractivity contribution in [3.8, 4) is 0 Å². The van der Waals surface area contributed by atoms with Crippen LogP contribution in [0.1, 0.15) is 37.4 Å². The van der Waals surface area contributed by atoms with Gasteiger partial charge in [-0.25, -0.2) is 0 Å². The predicted octanol–water partition coefficient (Wildman–Crippen LogP) is 2.35. The van der Waals surface area contributed by atoms with E-state index in [0.717, 1.165) is 11.1 Å². The molecule has 1 unspecified atom stereocenters. The van der Waals surface area contributed by atoms with E-state index in [4.69, 9.17) is 0 Å². The molecule has 176 valence electrons. The highest BCUT2D eigenvalue weighted by Gasteiger charge is 2.30. The minimum absolute atomic E-state index is 0.0262. The fraction of sp³-hybridized carbons (Fsp3) is 0.423. The summed E-state index contributed by atoms with van der Waals surface area (Å²) in [5.41, 5.74) is 1.84. The van der Waals surface area contributed by atoms with Crippen molar-refractivity contribution < 1.29 is 14.4 Å². The number of nitrogens with one attached hydrogen (secondary N) is 2. The van der Waals surface area contributed by atoms with Crippen molar-refractivity contribution in [2.24, 2.45) is 5.92 Å². The highest BCUT2D eigenvalue weighted by molar-refractivity contribution is 5.89. The van der Waals surface area contributed by atoms with Gasteiger partial charge in [0.1, 0.15) is 6.04 Å². The Bertz CT molecular complexity index is 910. The van der Waals surface area contributed by atoms with Crippen molar-refractivity contribution in [2.45, 2.75) is 32.9 Å². The molecule has 7 nitrogen and oxygen atoms in total. The lowest BCUT2D eigenvalue weighted by molar-refractivity contribution is -0.138. The standard InChI is InChI=1S/C26H34N4O3/c1-20(2)17-23(31)28-25(22-11-7-4-8-12-22)26(33)30-15-13-29(14-16-30)19-24(32)27-18-21-9-5-3-6-10-21/h3-12,20,25H,13-19H2,1-2H3,(H,27,32)(H,28,31). The third kappa shape index (κ3) is 7.71. The van der Waals surface area contributed by atoms with E-state index in [-0.39, 0.29) is 23.6 Å². The molecule has 1 saturated heterocycles. The molecule has 1 atom stereocenters. The number of benzene rings is 2. The first kappa shape index (κ1) is 24.5. The minimum Gasteiger partial charge on any atom is -0.351 e. The van der Waals surface area contributed by atoms with Crippen LogP contribution in [0, 0.1) is 5.92 Å². The molecule has 1 aliphatic rings. The highest BCUT2D eigenvalue weighted by atomic mass is 16.2. The van der Waals surface area contributed by atoms with E-state index >= 15 is 0 Å². The maximum atomic E-state index is 13.3. The number of piperazine rings is 1. The van der Waals surface area contributed by atoms with Crippen LogP contribution in [0.5, 0.6) is 0 Å². The summed E-state index contributed by atoms with van der Waals surface area (Å²) in [4.78, 5) is 41.9. The van der Waals surface area contributed by atoms with Gasteiger partial charge in [0.15, 0.2) is 0 Å². The fourth-order valence-corrected chi connectivity index (χ4v) is 3.89. The van der Waals surface area contributed by atoms with Gasteiger partial charge in [-0.3, -0.25) is 19.3 Å². The predicted molar refractivity (Wildman–Crippen MR) is 128 cm³/mol. The van der Waals surface area contributed by atoms with Gasteiger partial charge in [0, 0.05) is 39.1 Å². The summed E-state index contributed by atoms with van der Waals surface area (Å²) in [6.45, 7) is 7.05. The van der Waals surface area contributed by atoms with E-state index in [0.29, 0.717) is 45.7 Å². The molecule has 1 aliphatic heterocycles. The fourth-order valence-electron chi connectivity index (χ4n) is 3.89. The smallest absolute Gasteiger partial charge is 0.249 e. The third-order valence-corrected chi connectivity index (χ3v) is 5.66. The minimum atomic E-state index is -0.696. The second-order valence-corrected chi connectivity index (χ2v) is 8.87. The van der Waals surface area contributed by atoms with Crippen molar-refractivity contribution in [3.05, 3.63) is 71.8 Å². The average Bonchev–Trinajstić information content (AvgIpc) is 2.82. The molecule has 3 rings (SSSR count). The van der Waals surface area contributed by atoms with Gasteiger partial charge in [-0.2, -0.15) is 0 Å². The molecule has 0 spiro atoms. The van der Waals surface area contributed by atoms with Crippen LogP contribution < -0.4 is 10.6 Å². The van der Waals surface area contributed by atoms with Crippen LogP contribution in [0.4, 0.5) is 0 Å². The third-order valence-electron chi connectivity index (χ3n) is 5.66. The zero-order valence-electron chi connectivity index (χ0n) is 19.5. The lowest BCUT2D eigenvalue weighted by atomic mass is 10.0. The lowest BCUT2D eigenvalue weighted by Gasteiger charge is -2.36. The quantitative estimate of drug-likeness (QED) is 0.615. The molecular weight excluding hydrogens is 416 g/mol. The summed E-state index contributed by atoms with van der Waals surface area (Å²) in [5, 5.41) is 5.88. The Morgan fingerprint density at radius 2 is 1.45 bits per heavy atom. The largest absolute Gasteiger partial charge is 0.351 e. The number of rotatable bonds is 9. The van der Waals surface area contributed by atoms with Gasteiger partial charge in [-0.1, -0.05) is 74.5 Å². The Morgan fingerprint density at radius 3 is 2.06 bits per heavy atom. The molecule has 33 heavy (non-hydrogen) atoms. The summed E-state index contributed by atoms with van der Waals surface area (Å²) >= 11 is 0. The molecule has 1 heterocycles. The average molecular weight is 451 g/mol. The molecule has 1 fully saturated rings. The van der Waals surface area contributed by atoms with E-state index in [1.165, 1.54) is 0 Å². The molecule has 7 heteroatoms. The second kappa shape index (κ2) is 12.2. The molecule has 2 aromatic carbocycles. The summed E-state index contributed by atoms with van der Waals surface area (Å²) in [6.07, 6.45) is 0.377. The summed E-state index contributed by atoms with van der Waals surface area (Å²) < 4.78 is 0. The lowest BCUT2D eigenvalue weighted by Crippen LogP contribution is -2.53. The molecule has 2 N–H and O–H groups in total. The molecule has 0 aliphatic carbocycles. The van der Waals surface area contributed by atoms with E-state index in [2.05, 4.69) is 15.5 Å². The summed E-state index contributed by atoms with van der Waals surface area (Å²) in [5.74, 6) is -0.0396. The maximum absolute atomic E-state index is 13.3.